The Morgan fingerprint density at radius 3 is 2.54 bits per heavy atom. The van der Waals surface area contributed by atoms with Crippen LogP contribution < -0.4 is 44.9 Å². The third kappa shape index (κ3) is 4.89. The molecule has 1 saturated heterocycles. The molecular formula is C16H25Cl2N3O3. The smallest absolute Gasteiger partial charge is 0.280 e. The molecule has 2 aliphatic rings. The first kappa shape index (κ1) is 20.8. The molecule has 0 spiro atoms. The van der Waals surface area contributed by atoms with Crippen molar-refractivity contribution in [3.05, 3.63) is 24.3 Å². The van der Waals surface area contributed by atoms with Gasteiger partial charge in [-0.25, -0.2) is 0 Å². The Hall–Kier alpha value is -1.21. The molecule has 0 bridgehead atoms. The highest BCUT2D eigenvalue weighted by atomic mass is 35.5. The minimum atomic E-state index is -0.159. The molecule has 0 aliphatic carbocycles. The number of carbonyl (C=O) groups excluding carboxylic acids is 1. The topological polar surface area (TPSA) is 70.9 Å². The van der Waals surface area contributed by atoms with Crippen LogP contribution in [0.4, 0.5) is 0 Å². The first-order valence-electron chi connectivity index (χ1n) is 7.97. The number of para-hydroxylation sites is 2. The van der Waals surface area contributed by atoms with E-state index in [0.717, 1.165) is 44.2 Å². The summed E-state index contributed by atoms with van der Waals surface area (Å²) >= 11 is 0. The molecule has 1 fully saturated rings. The van der Waals surface area contributed by atoms with E-state index in [9.17, 15) is 4.79 Å². The number of nitrogens with zero attached hydrogens (tertiary/aromatic N) is 1. The van der Waals surface area contributed by atoms with Crippen LogP contribution in [0.1, 0.15) is 6.92 Å². The fourth-order valence-corrected chi connectivity index (χ4v) is 3.04. The van der Waals surface area contributed by atoms with Gasteiger partial charge in [0.15, 0.2) is 23.6 Å². The molecule has 2 unspecified atom stereocenters. The largest absolute Gasteiger partial charge is 1.00 e. The van der Waals surface area contributed by atoms with E-state index in [-0.39, 0.29) is 42.9 Å². The van der Waals surface area contributed by atoms with Crippen molar-refractivity contribution in [1.82, 2.24) is 4.90 Å². The zero-order valence-corrected chi connectivity index (χ0v) is 15.4. The summed E-state index contributed by atoms with van der Waals surface area (Å²) in [7, 11) is 0. The molecule has 1 aromatic rings. The van der Waals surface area contributed by atoms with Gasteiger partial charge in [0.1, 0.15) is 13.2 Å². The molecule has 0 saturated carbocycles. The van der Waals surface area contributed by atoms with Gasteiger partial charge in [-0.2, -0.15) is 0 Å². The van der Waals surface area contributed by atoms with Crippen LogP contribution in [0.2, 0.25) is 0 Å². The zero-order chi connectivity index (χ0) is 15.5. The van der Waals surface area contributed by atoms with Gasteiger partial charge in [-0.3, -0.25) is 4.79 Å². The third-order valence-electron chi connectivity index (χ3n) is 4.29. The van der Waals surface area contributed by atoms with E-state index in [4.69, 9.17) is 9.47 Å². The van der Waals surface area contributed by atoms with Crippen molar-refractivity contribution in [2.45, 2.75) is 19.1 Å². The van der Waals surface area contributed by atoms with Crippen LogP contribution in [0.3, 0.4) is 0 Å². The van der Waals surface area contributed by atoms with Crippen LogP contribution in [0, 0.1) is 0 Å². The number of hydrogen-bond donors (Lipinski definition) is 2. The summed E-state index contributed by atoms with van der Waals surface area (Å²) in [4.78, 5) is 15.3. The number of piperazine rings is 1. The highest BCUT2D eigenvalue weighted by molar-refractivity contribution is 5.79. The molecule has 8 heteroatoms. The van der Waals surface area contributed by atoms with Crippen LogP contribution in [-0.2, 0) is 4.79 Å². The molecule has 0 aromatic heterocycles. The number of ether oxygens (including phenoxy) is 2. The number of quaternary nitrogens is 2. The number of hydrogen-bond acceptors (Lipinski definition) is 3. The lowest BCUT2D eigenvalue weighted by Crippen LogP contribution is -3.16. The van der Waals surface area contributed by atoms with Crippen molar-refractivity contribution < 1.29 is 49.7 Å². The van der Waals surface area contributed by atoms with Crippen molar-refractivity contribution >= 4 is 5.91 Å². The van der Waals surface area contributed by atoms with Gasteiger partial charge >= 0.3 is 0 Å². The minimum Gasteiger partial charge on any atom is -1.00 e. The lowest BCUT2D eigenvalue weighted by atomic mass is 10.2. The monoisotopic (exact) mass is 377 g/mol. The Labute approximate surface area is 155 Å². The standard InChI is InChI=1S/C16H23N3O3.2ClH/c1-12(17)16(20)19-8-6-18(7-9-19)10-13-11-21-14-4-2-3-5-15(14)22-13;;/h2-5,12-13H,6-11,17H2,1H3;2*1H. The maximum Gasteiger partial charge on any atom is 0.280 e. The van der Waals surface area contributed by atoms with Gasteiger partial charge in [0.2, 0.25) is 0 Å². The molecule has 4 N–H and O–H groups in total. The summed E-state index contributed by atoms with van der Waals surface area (Å²) in [5.74, 6) is 1.82. The molecule has 136 valence electrons. The fraction of sp³-hybridized carbons (Fsp3) is 0.562. The predicted octanol–water partition coefficient (Wildman–Crippen LogP) is -7.81. The van der Waals surface area contributed by atoms with E-state index in [0.29, 0.717) is 6.61 Å². The second-order valence-corrected chi connectivity index (χ2v) is 6.18. The van der Waals surface area contributed by atoms with E-state index in [2.05, 4.69) is 5.73 Å². The van der Waals surface area contributed by atoms with Crippen LogP contribution >= 0.6 is 0 Å². The summed E-state index contributed by atoms with van der Waals surface area (Å²) in [5, 5.41) is 0. The first-order chi connectivity index (χ1) is 10.6. The van der Waals surface area contributed by atoms with Crippen molar-refractivity contribution in [3.8, 4) is 11.5 Å². The highest BCUT2D eigenvalue weighted by Crippen LogP contribution is 2.30. The van der Waals surface area contributed by atoms with Crippen molar-refractivity contribution in [2.75, 3.05) is 39.3 Å². The Morgan fingerprint density at radius 1 is 1.29 bits per heavy atom. The van der Waals surface area contributed by atoms with Crippen LogP contribution in [-0.4, -0.2) is 62.3 Å². The molecule has 2 aliphatic heterocycles. The Kier molecular flexibility index (Phi) is 8.09. The second kappa shape index (κ2) is 9.32. The number of nitrogens with one attached hydrogen (secondary N) is 1. The summed E-state index contributed by atoms with van der Waals surface area (Å²) in [6.07, 6.45) is 0.0823. The van der Waals surface area contributed by atoms with Crippen molar-refractivity contribution in [1.29, 1.82) is 0 Å². The normalized spacial score (nSPS) is 21.2. The van der Waals surface area contributed by atoms with Gasteiger partial charge in [0.25, 0.3) is 5.91 Å². The predicted molar refractivity (Wildman–Crippen MR) is 80.8 cm³/mol. The molecule has 0 radical (unpaired) electrons. The number of carbonyl (C=O) groups is 1. The van der Waals surface area contributed by atoms with Gasteiger partial charge in [-0.05, 0) is 19.1 Å². The van der Waals surface area contributed by atoms with E-state index in [1.165, 1.54) is 4.90 Å². The van der Waals surface area contributed by atoms with Crippen LogP contribution in [0.5, 0.6) is 11.5 Å². The first-order valence-corrected chi connectivity index (χ1v) is 7.97. The highest BCUT2D eigenvalue weighted by Gasteiger charge is 2.30. The average Bonchev–Trinajstić information content (AvgIpc) is 2.55. The summed E-state index contributed by atoms with van der Waals surface area (Å²) in [5.41, 5.74) is 3.81. The van der Waals surface area contributed by atoms with E-state index in [1.54, 1.807) is 0 Å². The van der Waals surface area contributed by atoms with Crippen LogP contribution in [0.25, 0.3) is 0 Å². The molecule has 3 rings (SSSR count). The van der Waals surface area contributed by atoms with Crippen molar-refractivity contribution in [3.63, 3.8) is 0 Å². The Bertz CT molecular complexity index is 537. The maximum atomic E-state index is 11.9. The number of rotatable bonds is 3. The quantitative estimate of drug-likeness (QED) is 0.549. The Balaban J connectivity index is 0.00000144. The summed E-state index contributed by atoms with van der Waals surface area (Å²) in [6, 6.07) is 7.63. The minimum absolute atomic E-state index is 0. The fourth-order valence-electron chi connectivity index (χ4n) is 3.04. The van der Waals surface area contributed by atoms with E-state index in [1.807, 2.05) is 36.1 Å². The van der Waals surface area contributed by atoms with Gasteiger partial charge in [-0.1, -0.05) is 12.1 Å². The molecular weight excluding hydrogens is 353 g/mol. The Morgan fingerprint density at radius 2 is 1.92 bits per heavy atom. The number of halogens is 2. The number of amides is 1. The molecule has 1 aromatic carbocycles. The zero-order valence-electron chi connectivity index (χ0n) is 13.8. The molecule has 24 heavy (non-hydrogen) atoms. The SMILES string of the molecule is CC([NH3+])C(=O)N1CC[NH+](CC2COc3ccccc3O2)CC1.[Cl-].[Cl-]. The maximum absolute atomic E-state index is 11.9. The van der Waals surface area contributed by atoms with Gasteiger partial charge < -0.3 is 49.8 Å². The van der Waals surface area contributed by atoms with Gasteiger partial charge in [-0.15, -0.1) is 0 Å². The number of fused-ring (bicyclic) bond motifs is 1. The molecule has 6 nitrogen and oxygen atoms in total. The molecule has 2 atom stereocenters. The molecule has 1 amide bonds. The van der Waals surface area contributed by atoms with Crippen LogP contribution in [0.15, 0.2) is 24.3 Å². The lowest BCUT2D eigenvalue weighted by Gasteiger charge is -2.35. The number of benzene rings is 1. The van der Waals surface area contributed by atoms with E-state index < -0.39 is 0 Å². The summed E-state index contributed by atoms with van der Waals surface area (Å²) in [6.45, 7) is 6.89. The van der Waals surface area contributed by atoms with E-state index >= 15 is 0 Å². The van der Waals surface area contributed by atoms with Gasteiger partial charge in [0.05, 0.1) is 26.2 Å². The van der Waals surface area contributed by atoms with Crippen molar-refractivity contribution in [2.24, 2.45) is 0 Å². The average molecular weight is 378 g/mol. The van der Waals surface area contributed by atoms with Gasteiger partial charge in [0, 0.05) is 0 Å². The molecule has 2 heterocycles. The third-order valence-corrected chi connectivity index (χ3v) is 4.29. The second-order valence-electron chi connectivity index (χ2n) is 6.18. The summed E-state index contributed by atoms with van der Waals surface area (Å²) < 4.78 is 11.8. The lowest BCUT2D eigenvalue weighted by molar-refractivity contribution is -0.906.